The number of rotatable bonds is 3. The summed E-state index contributed by atoms with van der Waals surface area (Å²) in [4.78, 5) is 0. The van der Waals surface area contributed by atoms with Gasteiger partial charge in [-0.05, 0) is 0 Å². The Labute approximate surface area is 93.6 Å². The first-order chi connectivity index (χ1) is 7.74. The first-order valence-electron chi connectivity index (χ1n) is 4.52. The summed E-state index contributed by atoms with van der Waals surface area (Å²) in [5.74, 6) is -2.74. The zero-order valence-electron chi connectivity index (χ0n) is 8.68. The molecule has 0 heterocycles. The van der Waals surface area contributed by atoms with E-state index < -0.39 is 35.9 Å². The van der Waals surface area contributed by atoms with Crippen LogP contribution >= 0.6 is 0 Å². The van der Waals surface area contributed by atoms with Gasteiger partial charge in [0.25, 0.3) is 0 Å². The molecule has 0 amide bonds. The molecule has 0 radical (unpaired) electrons. The van der Waals surface area contributed by atoms with E-state index in [1.807, 2.05) is 0 Å². The Balaban J connectivity index is 3.06. The van der Waals surface area contributed by atoms with E-state index in [2.05, 4.69) is 4.74 Å². The maximum Gasteiger partial charge on any atom is 0.391 e. The second-order valence-corrected chi connectivity index (χ2v) is 3.34. The van der Waals surface area contributed by atoms with Crippen molar-refractivity contribution in [2.24, 2.45) is 0 Å². The van der Waals surface area contributed by atoms with Crippen molar-refractivity contribution in [3.63, 3.8) is 0 Å². The second-order valence-electron chi connectivity index (χ2n) is 3.34. The molecule has 1 unspecified atom stereocenters. The van der Waals surface area contributed by atoms with E-state index in [4.69, 9.17) is 5.11 Å². The molecular weight excluding hydrogens is 247 g/mol. The number of hydrogen-bond donors (Lipinski definition) is 1. The zero-order valence-corrected chi connectivity index (χ0v) is 8.68. The topological polar surface area (TPSA) is 29.5 Å². The van der Waals surface area contributed by atoms with Crippen molar-refractivity contribution in [2.45, 2.75) is 18.7 Å². The third-order valence-electron chi connectivity index (χ3n) is 2.05. The number of benzene rings is 1. The fourth-order valence-electron chi connectivity index (χ4n) is 1.32. The molecule has 0 saturated heterocycles. The van der Waals surface area contributed by atoms with Gasteiger partial charge in [-0.3, -0.25) is 0 Å². The lowest BCUT2D eigenvalue weighted by atomic mass is 10.0. The average molecular weight is 256 g/mol. The molecule has 7 heteroatoms. The molecule has 0 spiro atoms. The van der Waals surface area contributed by atoms with Crippen LogP contribution in [0.2, 0.25) is 0 Å². The molecule has 0 aliphatic carbocycles. The SMILES string of the molecule is COc1cc(F)c(C(O)CC(F)(F)F)c(F)c1. The summed E-state index contributed by atoms with van der Waals surface area (Å²) in [6.07, 6.45) is -8.70. The third-order valence-corrected chi connectivity index (χ3v) is 2.05. The first kappa shape index (κ1) is 13.7. The van der Waals surface area contributed by atoms with E-state index in [1.165, 1.54) is 0 Å². The van der Waals surface area contributed by atoms with Gasteiger partial charge in [0.2, 0.25) is 0 Å². The van der Waals surface area contributed by atoms with Gasteiger partial charge in [0.15, 0.2) is 0 Å². The van der Waals surface area contributed by atoms with Crippen LogP contribution in [-0.2, 0) is 0 Å². The zero-order chi connectivity index (χ0) is 13.2. The van der Waals surface area contributed by atoms with E-state index in [0.717, 1.165) is 7.11 Å². The quantitative estimate of drug-likeness (QED) is 0.842. The van der Waals surface area contributed by atoms with Crippen LogP contribution in [0.4, 0.5) is 22.0 Å². The summed E-state index contributed by atoms with van der Waals surface area (Å²) in [5, 5.41) is 9.14. The largest absolute Gasteiger partial charge is 0.497 e. The molecule has 0 aliphatic heterocycles. The number of aliphatic hydroxyl groups is 1. The Morgan fingerprint density at radius 2 is 1.71 bits per heavy atom. The highest BCUT2D eigenvalue weighted by atomic mass is 19.4. The lowest BCUT2D eigenvalue weighted by molar-refractivity contribution is -0.154. The van der Waals surface area contributed by atoms with Crippen molar-refractivity contribution in [1.29, 1.82) is 0 Å². The van der Waals surface area contributed by atoms with Gasteiger partial charge >= 0.3 is 6.18 Å². The van der Waals surface area contributed by atoms with Gasteiger partial charge in [-0.15, -0.1) is 0 Å². The normalized spacial score (nSPS) is 13.6. The smallest absolute Gasteiger partial charge is 0.391 e. The standard InChI is InChI=1S/C10H9F5O2/c1-17-5-2-6(11)9(7(12)3-5)8(16)4-10(13,14)15/h2-3,8,16H,4H2,1H3. The monoisotopic (exact) mass is 256 g/mol. The Morgan fingerprint density at radius 3 is 2.06 bits per heavy atom. The van der Waals surface area contributed by atoms with Crippen molar-refractivity contribution in [2.75, 3.05) is 7.11 Å². The number of ether oxygens (including phenoxy) is 1. The Bertz CT molecular complexity index is 379. The summed E-state index contributed by atoms with van der Waals surface area (Å²) in [6.45, 7) is 0. The highest BCUT2D eigenvalue weighted by Gasteiger charge is 2.34. The molecule has 2 nitrogen and oxygen atoms in total. The summed E-state index contributed by atoms with van der Waals surface area (Å²) >= 11 is 0. The molecule has 1 atom stereocenters. The number of methoxy groups -OCH3 is 1. The number of halogens is 5. The van der Waals surface area contributed by atoms with Gasteiger partial charge in [-0.1, -0.05) is 0 Å². The van der Waals surface area contributed by atoms with Gasteiger partial charge in [0, 0.05) is 12.1 Å². The van der Waals surface area contributed by atoms with E-state index in [1.54, 1.807) is 0 Å². The van der Waals surface area contributed by atoms with Gasteiger partial charge in [0.05, 0.1) is 25.2 Å². The molecule has 0 aromatic heterocycles. The molecule has 0 saturated carbocycles. The summed E-state index contributed by atoms with van der Waals surface area (Å²) in [5.41, 5.74) is -1.01. The van der Waals surface area contributed by atoms with Crippen molar-refractivity contribution >= 4 is 0 Å². The summed E-state index contributed by atoms with van der Waals surface area (Å²) in [6, 6.07) is 1.41. The van der Waals surface area contributed by atoms with Gasteiger partial charge < -0.3 is 9.84 Å². The van der Waals surface area contributed by atoms with E-state index in [9.17, 15) is 22.0 Å². The van der Waals surface area contributed by atoms with Gasteiger partial charge in [-0.25, -0.2) is 8.78 Å². The molecule has 0 bridgehead atoms. The van der Waals surface area contributed by atoms with Crippen LogP contribution in [0.5, 0.6) is 5.75 Å². The van der Waals surface area contributed by atoms with Crippen LogP contribution in [0.15, 0.2) is 12.1 Å². The van der Waals surface area contributed by atoms with Gasteiger partial charge in [0.1, 0.15) is 17.4 Å². The van der Waals surface area contributed by atoms with Crippen molar-refractivity contribution in [1.82, 2.24) is 0 Å². The fraction of sp³-hybridized carbons (Fsp3) is 0.400. The maximum atomic E-state index is 13.3. The molecule has 96 valence electrons. The summed E-state index contributed by atoms with van der Waals surface area (Å²) in [7, 11) is 1.15. The molecular formula is C10H9F5O2. The van der Waals surface area contributed by atoms with Crippen LogP contribution < -0.4 is 4.74 Å². The molecule has 17 heavy (non-hydrogen) atoms. The van der Waals surface area contributed by atoms with Crippen LogP contribution in [0.1, 0.15) is 18.1 Å². The minimum absolute atomic E-state index is 0.178. The fourth-order valence-corrected chi connectivity index (χ4v) is 1.32. The molecule has 1 aromatic carbocycles. The molecule has 1 N–H and O–H groups in total. The minimum atomic E-state index is -4.71. The lowest BCUT2D eigenvalue weighted by Gasteiger charge is -2.15. The number of hydrogen-bond acceptors (Lipinski definition) is 2. The number of aliphatic hydroxyl groups excluding tert-OH is 1. The van der Waals surface area contributed by atoms with E-state index in [-0.39, 0.29) is 5.75 Å². The van der Waals surface area contributed by atoms with E-state index >= 15 is 0 Å². The van der Waals surface area contributed by atoms with E-state index in [0.29, 0.717) is 12.1 Å². The number of alkyl halides is 3. The first-order valence-corrected chi connectivity index (χ1v) is 4.52. The lowest BCUT2D eigenvalue weighted by Crippen LogP contribution is -2.15. The maximum absolute atomic E-state index is 13.3. The van der Waals surface area contributed by atoms with Gasteiger partial charge in [-0.2, -0.15) is 13.2 Å². The van der Waals surface area contributed by atoms with Crippen molar-refractivity contribution in [3.05, 3.63) is 29.3 Å². The van der Waals surface area contributed by atoms with Crippen LogP contribution in [0.25, 0.3) is 0 Å². The van der Waals surface area contributed by atoms with Crippen LogP contribution in [0, 0.1) is 11.6 Å². The second kappa shape index (κ2) is 4.87. The predicted molar refractivity (Wildman–Crippen MR) is 48.5 cm³/mol. The Kier molecular flexibility index (Phi) is 3.92. The molecule has 0 aliphatic rings. The van der Waals surface area contributed by atoms with Crippen LogP contribution in [0.3, 0.4) is 0 Å². The Hall–Kier alpha value is -1.37. The average Bonchev–Trinajstić information content (AvgIpc) is 2.13. The molecule has 1 aromatic rings. The van der Waals surface area contributed by atoms with Crippen LogP contribution in [-0.4, -0.2) is 18.4 Å². The predicted octanol–water partition coefficient (Wildman–Crippen LogP) is 2.96. The molecule has 0 fully saturated rings. The highest BCUT2D eigenvalue weighted by molar-refractivity contribution is 5.31. The highest BCUT2D eigenvalue weighted by Crippen LogP contribution is 2.33. The van der Waals surface area contributed by atoms with Crippen molar-refractivity contribution in [3.8, 4) is 5.75 Å². The minimum Gasteiger partial charge on any atom is -0.497 e. The Morgan fingerprint density at radius 1 is 1.24 bits per heavy atom. The van der Waals surface area contributed by atoms with Crippen molar-refractivity contribution < 1.29 is 31.8 Å². The third kappa shape index (κ3) is 3.55. The summed E-state index contributed by atoms with van der Waals surface area (Å²) < 4.78 is 67.0. The molecule has 1 rings (SSSR count).